The van der Waals surface area contributed by atoms with Crippen LogP contribution in [0.1, 0.15) is 187 Å². The van der Waals surface area contributed by atoms with Gasteiger partial charge in [0.05, 0.1) is 18.8 Å². The van der Waals surface area contributed by atoms with E-state index < -0.39 is 12.1 Å². The molecule has 2 atom stereocenters. The van der Waals surface area contributed by atoms with Crippen molar-refractivity contribution in [2.45, 2.75) is 199 Å². The summed E-state index contributed by atoms with van der Waals surface area (Å²) in [5, 5.41) is 22.9. The van der Waals surface area contributed by atoms with Gasteiger partial charge in [0.25, 0.3) is 0 Å². The maximum absolute atomic E-state index is 12.3. The second kappa shape index (κ2) is 29.9. The molecule has 0 aromatic carbocycles. The van der Waals surface area contributed by atoms with Crippen molar-refractivity contribution in [1.29, 1.82) is 0 Å². The van der Waals surface area contributed by atoms with Gasteiger partial charge in [-0.25, -0.2) is 0 Å². The summed E-state index contributed by atoms with van der Waals surface area (Å²) in [5.41, 5.74) is 0. The minimum Gasteiger partial charge on any atom is -0.394 e. The van der Waals surface area contributed by atoms with E-state index in [-0.39, 0.29) is 12.5 Å². The van der Waals surface area contributed by atoms with Crippen molar-refractivity contribution in [3.63, 3.8) is 0 Å². The lowest BCUT2D eigenvalue weighted by atomic mass is 10.0. The highest BCUT2D eigenvalue weighted by atomic mass is 16.3. The first-order chi connectivity index (χ1) is 18.2. The molecule has 0 fully saturated rings. The molecule has 0 aliphatic carbocycles. The first-order valence-electron chi connectivity index (χ1n) is 16.7. The Morgan fingerprint density at radius 3 is 1.22 bits per heavy atom. The van der Waals surface area contributed by atoms with E-state index in [9.17, 15) is 15.0 Å². The van der Waals surface area contributed by atoms with E-state index in [2.05, 4.69) is 19.2 Å². The molecule has 4 nitrogen and oxygen atoms in total. The first kappa shape index (κ1) is 36.4. The van der Waals surface area contributed by atoms with E-state index >= 15 is 0 Å². The summed E-state index contributed by atoms with van der Waals surface area (Å²) in [5.74, 6) is -0.0316. The third-order valence-corrected chi connectivity index (χ3v) is 7.87. The average Bonchev–Trinajstić information content (AvgIpc) is 2.90. The Morgan fingerprint density at radius 1 is 0.541 bits per heavy atom. The molecular formula is C33H67NO3. The summed E-state index contributed by atoms with van der Waals surface area (Å²) in [7, 11) is 0. The summed E-state index contributed by atoms with van der Waals surface area (Å²) >= 11 is 0. The smallest absolute Gasteiger partial charge is 0.220 e. The normalized spacial score (nSPS) is 13.1. The highest BCUT2D eigenvalue weighted by Crippen LogP contribution is 2.15. The van der Waals surface area contributed by atoms with Crippen LogP contribution in [-0.4, -0.2) is 34.9 Å². The molecule has 4 heteroatoms. The van der Waals surface area contributed by atoms with Crippen LogP contribution in [0.4, 0.5) is 0 Å². The van der Waals surface area contributed by atoms with Crippen molar-refractivity contribution >= 4 is 5.91 Å². The van der Waals surface area contributed by atoms with E-state index in [1.807, 2.05) is 0 Å². The molecule has 0 aromatic rings. The topological polar surface area (TPSA) is 69.6 Å². The lowest BCUT2D eigenvalue weighted by Crippen LogP contribution is -2.45. The molecule has 1 amide bonds. The number of rotatable bonds is 30. The van der Waals surface area contributed by atoms with Gasteiger partial charge in [-0.2, -0.15) is 0 Å². The quantitative estimate of drug-likeness (QED) is 0.0818. The Kier molecular flexibility index (Phi) is 29.4. The van der Waals surface area contributed by atoms with Gasteiger partial charge >= 0.3 is 0 Å². The van der Waals surface area contributed by atoms with E-state index in [0.29, 0.717) is 12.8 Å². The summed E-state index contributed by atoms with van der Waals surface area (Å²) in [4.78, 5) is 12.3. The SMILES string of the molecule is CCCCCCCCCCCCCCCC(=O)N[C@@H](CO)[C@H](O)CCCCCCCCCCCCCC. The number of amides is 1. The van der Waals surface area contributed by atoms with Crippen LogP contribution in [0.3, 0.4) is 0 Å². The molecule has 3 N–H and O–H groups in total. The summed E-state index contributed by atoms with van der Waals surface area (Å²) in [6.45, 7) is 4.34. The zero-order valence-electron chi connectivity index (χ0n) is 25.3. The van der Waals surface area contributed by atoms with Crippen LogP contribution in [0.5, 0.6) is 0 Å². The fourth-order valence-corrected chi connectivity index (χ4v) is 5.24. The van der Waals surface area contributed by atoms with Gasteiger partial charge in [0.15, 0.2) is 0 Å². The molecule has 0 heterocycles. The highest BCUT2D eigenvalue weighted by Gasteiger charge is 2.19. The standard InChI is InChI=1S/C33H67NO3/c1-3-5-7-9-11-13-15-17-19-21-23-25-27-29-33(37)34-31(30-35)32(36)28-26-24-22-20-18-16-14-12-10-8-6-4-2/h31-32,35-36H,3-30H2,1-2H3,(H,34,37)/t31-,32+/m0/s1. The lowest BCUT2D eigenvalue weighted by Gasteiger charge is -2.22. The van der Waals surface area contributed by atoms with Gasteiger partial charge in [-0.3, -0.25) is 4.79 Å². The maximum atomic E-state index is 12.3. The van der Waals surface area contributed by atoms with Crippen molar-refractivity contribution in [1.82, 2.24) is 5.32 Å². The van der Waals surface area contributed by atoms with Crippen molar-refractivity contribution in [3.05, 3.63) is 0 Å². The highest BCUT2D eigenvalue weighted by molar-refractivity contribution is 5.76. The third kappa shape index (κ3) is 26.8. The van der Waals surface area contributed by atoms with Crippen LogP contribution in [0.15, 0.2) is 0 Å². The monoisotopic (exact) mass is 526 g/mol. The molecule has 0 saturated carbocycles. The molecule has 0 rings (SSSR count). The first-order valence-corrected chi connectivity index (χ1v) is 16.7. The largest absolute Gasteiger partial charge is 0.394 e. The van der Waals surface area contributed by atoms with Crippen LogP contribution >= 0.6 is 0 Å². The average molecular weight is 526 g/mol. The summed E-state index contributed by atoms with van der Waals surface area (Å²) in [6, 6.07) is -0.526. The number of carbonyl (C=O) groups is 1. The van der Waals surface area contributed by atoms with Crippen molar-refractivity contribution in [2.75, 3.05) is 6.61 Å². The van der Waals surface area contributed by atoms with Crippen molar-refractivity contribution in [3.8, 4) is 0 Å². The van der Waals surface area contributed by atoms with E-state index in [4.69, 9.17) is 0 Å². The fourth-order valence-electron chi connectivity index (χ4n) is 5.24. The minimum absolute atomic E-state index is 0.0316. The molecule has 0 saturated heterocycles. The molecule has 0 aliphatic rings. The molecule has 0 unspecified atom stereocenters. The van der Waals surface area contributed by atoms with Crippen LogP contribution in [0.25, 0.3) is 0 Å². The molecule has 0 aromatic heterocycles. The lowest BCUT2D eigenvalue weighted by molar-refractivity contribution is -0.123. The number of hydrogen-bond donors (Lipinski definition) is 3. The molecule has 0 bridgehead atoms. The van der Waals surface area contributed by atoms with Crippen molar-refractivity contribution < 1.29 is 15.0 Å². The number of unbranched alkanes of at least 4 members (excludes halogenated alkanes) is 23. The number of nitrogens with one attached hydrogen (secondary N) is 1. The van der Waals surface area contributed by atoms with Crippen molar-refractivity contribution in [2.24, 2.45) is 0 Å². The second-order valence-corrected chi connectivity index (χ2v) is 11.6. The maximum Gasteiger partial charge on any atom is 0.220 e. The van der Waals surface area contributed by atoms with E-state index in [0.717, 1.165) is 25.7 Å². The van der Waals surface area contributed by atoms with Crippen LogP contribution < -0.4 is 5.32 Å². The predicted molar refractivity (Wildman–Crippen MR) is 161 cm³/mol. The molecule has 0 spiro atoms. The zero-order valence-corrected chi connectivity index (χ0v) is 25.3. The zero-order chi connectivity index (χ0) is 27.2. The molecule has 222 valence electrons. The van der Waals surface area contributed by atoms with Crippen LogP contribution in [-0.2, 0) is 4.79 Å². The Bertz CT molecular complexity index is 457. The number of carbonyl (C=O) groups excluding carboxylic acids is 1. The predicted octanol–water partition coefficient (Wildman–Crippen LogP) is 9.40. The molecular weight excluding hydrogens is 458 g/mol. The Hall–Kier alpha value is -0.610. The number of aliphatic hydroxyl groups is 2. The van der Waals surface area contributed by atoms with Gasteiger partial charge in [-0.1, -0.05) is 168 Å². The van der Waals surface area contributed by atoms with E-state index in [1.54, 1.807) is 0 Å². The van der Waals surface area contributed by atoms with E-state index in [1.165, 1.54) is 135 Å². The van der Waals surface area contributed by atoms with Gasteiger partial charge in [0.2, 0.25) is 5.91 Å². The van der Waals surface area contributed by atoms with Gasteiger partial charge in [-0.15, -0.1) is 0 Å². The minimum atomic E-state index is -0.649. The Balaban J connectivity index is 3.56. The fraction of sp³-hybridized carbons (Fsp3) is 0.970. The summed E-state index contributed by atoms with van der Waals surface area (Å²) in [6.07, 6.45) is 32.9. The van der Waals surface area contributed by atoms with Gasteiger partial charge in [-0.05, 0) is 12.8 Å². The third-order valence-electron chi connectivity index (χ3n) is 7.87. The van der Waals surface area contributed by atoms with Crippen LogP contribution in [0, 0.1) is 0 Å². The van der Waals surface area contributed by atoms with Gasteiger partial charge in [0.1, 0.15) is 0 Å². The molecule has 0 aliphatic heterocycles. The van der Waals surface area contributed by atoms with Crippen LogP contribution in [0.2, 0.25) is 0 Å². The van der Waals surface area contributed by atoms with Gasteiger partial charge in [0, 0.05) is 6.42 Å². The second-order valence-electron chi connectivity index (χ2n) is 11.6. The Morgan fingerprint density at radius 2 is 0.865 bits per heavy atom. The number of hydrogen-bond acceptors (Lipinski definition) is 3. The number of aliphatic hydroxyl groups excluding tert-OH is 2. The Labute approximate surface area is 232 Å². The molecule has 0 radical (unpaired) electrons. The van der Waals surface area contributed by atoms with Gasteiger partial charge < -0.3 is 15.5 Å². The molecule has 37 heavy (non-hydrogen) atoms. The summed E-state index contributed by atoms with van der Waals surface area (Å²) < 4.78 is 0.